The first-order valence-corrected chi connectivity index (χ1v) is 10.7. The Morgan fingerprint density at radius 1 is 0.963 bits per heavy atom. The van der Waals surface area contributed by atoms with Crippen LogP contribution < -0.4 is 0 Å². The minimum absolute atomic E-state index is 0.226. The average Bonchev–Trinajstić information content (AvgIpc) is 3.19. The molecule has 1 saturated heterocycles. The Labute approximate surface area is 158 Å². The van der Waals surface area contributed by atoms with Gasteiger partial charge in [-0.15, -0.1) is 10.2 Å². The van der Waals surface area contributed by atoms with E-state index in [0.29, 0.717) is 30.6 Å². The number of benzene rings is 2. The van der Waals surface area contributed by atoms with Crippen molar-refractivity contribution < 1.29 is 17.6 Å². The monoisotopic (exact) mass is 384 g/mol. The second-order valence-corrected chi connectivity index (χ2v) is 8.79. The summed E-state index contributed by atoms with van der Waals surface area (Å²) in [4.78, 5) is 0.226. The third-order valence-electron chi connectivity index (χ3n) is 5.02. The highest BCUT2D eigenvalue weighted by atomic mass is 32.2. The van der Waals surface area contributed by atoms with Crippen molar-refractivity contribution in [2.75, 3.05) is 19.5 Å². The van der Waals surface area contributed by atoms with Gasteiger partial charge in [-0.3, -0.25) is 0 Å². The molecular weight excluding hydrogens is 364 g/mol. The molecule has 1 aliphatic heterocycles. The predicted octanol–water partition coefficient (Wildman–Crippen LogP) is 3.24. The molecule has 0 bridgehead atoms. The van der Waals surface area contributed by atoms with Crippen molar-refractivity contribution in [1.29, 1.82) is 0 Å². The Morgan fingerprint density at radius 2 is 1.70 bits per heavy atom. The molecule has 0 amide bonds. The van der Waals surface area contributed by atoms with Crippen LogP contribution in [0.3, 0.4) is 0 Å². The van der Waals surface area contributed by atoms with Gasteiger partial charge in [0.1, 0.15) is 0 Å². The van der Waals surface area contributed by atoms with Crippen LogP contribution >= 0.6 is 0 Å². The molecule has 0 atom stereocenters. The lowest BCUT2D eigenvalue weighted by Crippen LogP contribution is -2.35. The standard InChI is InChI=1S/C20H20N2O4S/c1-27(23,24)17-9-5-6-15(14-17)18-21-22-19(26-18)20(10-12-25-13-11-20)16-7-3-2-4-8-16/h2-9,14H,10-13H2,1H3. The molecule has 3 aromatic rings. The van der Waals surface area contributed by atoms with Crippen LogP contribution in [0.2, 0.25) is 0 Å². The fraction of sp³-hybridized carbons (Fsp3) is 0.300. The van der Waals surface area contributed by atoms with E-state index in [4.69, 9.17) is 9.15 Å². The quantitative estimate of drug-likeness (QED) is 0.687. The molecule has 2 aromatic carbocycles. The summed E-state index contributed by atoms with van der Waals surface area (Å²) in [6, 6.07) is 16.7. The van der Waals surface area contributed by atoms with Crippen LogP contribution in [0.5, 0.6) is 0 Å². The van der Waals surface area contributed by atoms with Crippen LogP contribution in [-0.2, 0) is 20.0 Å². The van der Waals surface area contributed by atoms with Gasteiger partial charge in [0, 0.05) is 25.0 Å². The van der Waals surface area contributed by atoms with E-state index in [1.165, 1.54) is 6.26 Å². The highest BCUT2D eigenvalue weighted by molar-refractivity contribution is 7.90. The van der Waals surface area contributed by atoms with Gasteiger partial charge in [-0.25, -0.2) is 8.42 Å². The Hall–Kier alpha value is -2.51. The molecule has 0 saturated carbocycles. The summed E-state index contributed by atoms with van der Waals surface area (Å²) >= 11 is 0. The fourth-order valence-electron chi connectivity index (χ4n) is 3.50. The number of nitrogens with zero attached hydrogens (tertiary/aromatic N) is 2. The molecule has 6 nitrogen and oxygen atoms in total. The lowest BCUT2D eigenvalue weighted by atomic mass is 9.74. The molecule has 0 aliphatic carbocycles. The maximum absolute atomic E-state index is 11.8. The first-order valence-electron chi connectivity index (χ1n) is 8.77. The number of ether oxygens (including phenoxy) is 1. The van der Waals surface area contributed by atoms with E-state index in [1.807, 2.05) is 18.2 Å². The highest BCUT2D eigenvalue weighted by Crippen LogP contribution is 2.41. The van der Waals surface area contributed by atoms with Crippen molar-refractivity contribution >= 4 is 9.84 Å². The number of rotatable bonds is 4. The molecule has 140 valence electrons. The van der Waals surface area contributed by atoms with Crippen LogP contribution in [0.4, 0.5) is 0 Å². The van der Waals surface area contributed by atoms with Crippen molar-refractivity contribution in [3.05, 3.63) is 66.1 Å². The molecule has 0 spiro atoms. The van der Waals surface area contributed by atoms with Gasteiger partial charge in [-0.1, -0.05) is 36.4 Å². The van der Waals surface area contributed by atoms with E-state index in [-0.39, 0.29) is 10.3 Å². The van der Waals surface area contributed by atoms with Gasteiger partial charge in [0.05, 0.1) is 10.3 Å². The molecule has 0 N–H and O–H groups in total. The Morgan fingerprint density at radius 3 is 2.41 bits per heavy atom. The van der Waals surface area contributed by atoms with Crippen LogP contribution in [0.15, 0.2) is 63.9 Å². The summed E-state index contributed by atoms with van der Waals surface area (Å²) in [5.74, 6) is 0.856. The maximum atomic E-state index is 11.8. The van der Waals surface area contributed by atoms with Crippen LogP contribution in [0, 0.1) is 0 Å². The first kappa shape index (κ1) is 17.9. The van der Waals surface area contributed by atoms with E-state index >= 15 is 0 Å². The third kappa shape index (κ3) is 3.40. The third-order valence-corrected chi connectivity index (χ3v) is 6.13. The van der Waals surface area contributed by atoms with Crippen LogP contribution in [-0.4, -0.2) is 38.1 Å². The molecular formula is C20H20N2O4S. The molecule has 7 heteroatoms. The predicted molar refractivity (Wildman–Crippen MR) is 100 cm³/mol. The average molecular weight is 384 g/mol. The minimum atomic E-state index is -3.31. The number of hydrogen-bond donors (Lipinski definition) is 0. The summed E-state index contributed by atoms with van der Waals surface area (Å²) in [5, 5.41) is 8.54. The van der Waals surface area contributed by atoms with Gasteiger partial charge in [-0.2, -0.15) is 0 Å². The molecule has 0 radical (unpaired) electrons. The lowest BCUT2D eigenvalue weighted by molar-refractivity contribution is 0.0546. The van der Waals surface area contributed by atoms with Crippen molar-refractivity contribution in [1.82, 2.24) is 10.2 Å². The van der Waals surface area contributed by atoms with Gasteiger partial charge in [0.25, 0.3) is 0 Å². The topological polar surface area (TPSA) is 82.3 Å². The number of sulfone groups is 1. The zero-order chi connectivity index (χ0) is 18.9. The molecule has 1 aliphatic rings. The smallest absolute Gasteiger partial charge is 0.247 e. The second kappa shape index (κ2) is 6.90. The van der Waals surface area contributed by atoms with E-state index in [1.54, 1.807) is 24.3 Å². The van der Waals surface area contributed by atoms with E-state index in [0.717, 1.165) is 18.4 Å². The zero-order valence-electron chi connectivity index (χ0n) is 15.0. The zero-order valence-corrected chi connectivity index (χ0v) is 15.8. The van der Waals surface area contributed by atoms with E-state index in [9.17, 15) is 8.42 Å². The summed E-state index contributed by atoms with van der Waals surface area (Å²) in [7, 11) is -3.31. The Kier molecular flexibility index (Phi) is 4.57. The van der Waals surface area contributed by atoms with Crippen molar-refractivity contribution in [3.8, 4) is 11.5 Å². The normalized spacial score (nSPS) is 16.9. The number of hydrogen-bond acceptors (Lipinski definition) is 6. The summed E-state index contributed by atoms with van der Waals surface area (Å²) in [6.07, 6.45) is 2.68. The Balaban J connectivity index is 1.77. The largest absolute Gasteiger partial charge is 0.420 e. The van der Waals surface area contributed by atoms with Crippen LogP contribution in [0.25, 0.3) is 11.5 Å². The van der Waals surface area contributed by atoms with Gasteiger partial charge in [-0.05, 0) is 36.6 Å². The molecule has 2 heterocycles. The SMILES string of the molecule is CS(=O)(=O)c1cccc(-c2nnc(C3(c4ccccc4)CCOCC3)o2)c1. The molecule has 1 fully saturated rings. The van der Waals surface area contributed by atoms with Crippen molar-refractivity contribution in [2.24, 2.45) is 0 Å². The second-order valence-electron chi connectivity index (χ2n) is 6.77. The van der Waals surface area contributed by atoms with E-state index in [2.05, 4.69) is 22.3 Å². The van der Waals surface area contributed by atoms with Crippen LogP contribution in [0.1, 0.15) is 24.3 Å². The minimum Gasteiger partial charge on any atom is -0.420 e. The van der Waals surface area contributed by atoms with E-state index < -0.39 is 9.84 Å². The number of aromatic nitrogens is 2. The molecule has 27 heavy (non-hydrogen) atoms. The Bertz CT molecular complexity index is 1040. The maximum Gasteiger partial charge on any atom is 0.247 e. The summed E-state index contributed by atoms with van der Waals surface area (Å²) in [5.41, 5.74) is 1.32. The van der Waals surface area contributed by atoms with Gasteiger partial charge < -0.3 is 9.15 Å². The van der Waals surface area contributed by atoms with Crippen molar-refractivity contribution in [3.63, 3.8) is 0 Å². The molecule has 4 rings (SSSR count). The van der Waals surface area contributed by atoms with Crippen molar-refractivity contribution in [2.45, 2.75) is 23.2 Å². The summed E-state index contributed by atoms with van der Waals surface area (Å²) < 4.78 is 35.3. The van der Waals surface area contributed by atoms with Gasteiger partial charge >= 0.3 is 0 Å². The fourth-order valence-corrected chi connectivity index (χ4v) is 4.16. The van der Waals surface area contributed by atoms with Gasteiger partial charge in [0.2, 0.25) is 11.8 Å². The summed E-state index contributed by atoms with van der Waals surface area (Å²) in [6.45, 7) is 1.24. The first-order chi connectivity index (χ1) is 13.0. The molecule has 1 aromatic heterocycles. The highest BCUT2D eigenvalue weighted by Gasteiger charge is 2.41. The molecule has 0 unspecified atom stereocenters. The van der Waals surface area contributed by atoms with Gasteiger partial charge in [0.15, 0.2) is 9.84 Å². The lowest BCUT2D eigenvalue weighted by Gasteiger charge is -2.34.